The van der Waals surface area contributed by atoms with Gasteiger partial charge in [-0.2, -0.15) is 0 Å². The van der Waals surface area contributed by atoms with E-state index in [4.69, 9.17) is 19.4 Å². The second-order valence-corrected chi connectivity index (χ2v) is 9.71. The molecule has 5 aromatic carbocycles. The number of furan rings is 1. The third kappa shape index (κ3) is 3.60. The lowest BCUT2D eigenvalue weighted by Crippen LogP contribution is -2.03. The zero-order chi connectivity index (χ0) is 26.5. The van der Waals surface area contributed by atoms with Gasteiger partial charge in [-0.1, -0.05) is 97.1 Å². The number of hydrogen-bond donors (Lipinski definition) is 0. The van der Waals surface area contributed by atoms with Crippen LogP contribution >= 0.6 is 0 Å². The standard InChI is InChI=1S/C35H22N4O/c1-2-12-23(13-3-1)33-36-34(38-35(37-33)32-22-24-14-4-11-21-31(24)40-32)27-17-7-10-20-30(27)39-28-18-8-5-15-25(28)26-16-6-9-19-29(26)39/h1-22H. The molecular weight excluding hydrogens is 492 g/mol. The number of aromatic nitrogens is 4. The zero-order valence-electron chi connectivity index (χ0n) is 21.4. The van der Waals surface area contributed by atoms with Crippen LogP contribution in [0.4, 0.5) is 0 Å². The summed E-state index contributed by atoms with van der Waals surface area (Å²) in [5.74, 6) is 2.29. The summed E-state index contributed by atoms with van der Waals surface area (Å²) in [5, 5.41) is 3.42. The van der Waals surface area contributed by atoms with Crippen LogP contribution in [-0.4, -0.2) is 19.5 Å². The van der Waals surface area contributed by atoms with E-state index in [-0.39, 0.29) is 0 Å². The van der Waals surface area contributed by atoms with Gasteiger partial charge < -0.3 is 8.98 Å². The van der Waals surface area contributed by atoms with E-state index < -0.39 is 0 Å². The minimum Gasteiger partial charge on any atom is -0.453 e. The van der Waals surface area contributed by atoms with Crippen LogP contribution in [0, 0.1) is 0 Å². The van der Waals surface area contributed by atoms with Crippen LogP contribution in [0.3, 0.4) is 0 Å². The quantitative estimate of drug-likeness (QED) is 0.236. The van der Waals surface area contributed by atoms with Crippen molar-refractivity contribution >= 4 is 32.8 Å². The molecule has 5 nitrogen and oxygen atoms in total. The van der Waals surface area contributed by atoms with Crippen molar-refractivity contribution in [3.8, 4) is 40.0 Å². The van der Waals surface area contributed by atoms with Crippen molar-refractivity contribution in [1.82, 2.24) is 19.5 Å². The number of rotatable bonds is 4. The Hall–Kier alpha value is -5.55. The largest absolute Gasteiger partial charge is 0.453 e. The van der Waals surface area contributed by atoms with Crippen LogP contribution < -0.4 is 0 Å². The first-order valence-electron chi connectivity index (χ1n) is 13.2. The van der Waals surface area contributed by atoms with E-state index >= 15 is 0 Å². The predicted octanol–water partition coefficient (Wildman–Crippen LogP) is 8.72. The van der Waals surface area contributed by atoms with E-state index in [9.17, 15) is 0 Å². The molecule has 40 heavy (non-hydrogen) atoms. The Labute approximate surface area is 230 Å². The van der Waals surface area contributed by atoms with Crippen molar-refractivity contribution in [2.75, 3.05) is 0 Å². The van der Waals surface area contributed by atoms with Crippen LogP contribution in [0.2, 0.25) is 0 Å². The van der Waals surface area contributed by atoms with Gasteiger partial charge in [0.15, 0.2) is 23.2 Å². The molecule has 3 aromatic heterocycles. The summed E-state index contributed by atoms with van der Waals surface area (Å²) < 4.78 is 8.49. The molecule has 0 fully saturated rings. The van der Waals surface area contributed by atoms with Gasteiger partial charge in [0.2, 0.25) is 0 Å². The van der Waals surface area contributed by atoms with Crippen molar-refractivity contribution < 1.29 is 4.42 Å². The molecule has 0 spiro atoms. The Morgan fingerprint density at radius 1 is 0.500 bits per heavy atom. The highest BCUT2D eigenvalue weighted by Crippen LogP contribution is 2.36. The highest BCUT2D eigenvalue weighted by Gasteiger charge is 2.19. The van der Waals surface area contributed by atoms with Gasteiger partial charge >= 0.3 is 0 Å². The molecule has 0 atom stereocenters. The second kappa shape index (κ2) is 9.03. The van der Waals surface area contributed by atoms with Gasteiger partial charge in [-0.15, -0.1) is 0 Å². The molecular formula is C35H22N4O. The Balaban J connectivity index is 1.40. The van der Waals surface area contributed by atoms with Crippen molar-refractivity contribution in [1.29, 1.82) is 0 Å². The van der Waals surface area contributed by atoms with Gasteiger partial charge in [-0.05, 0) is 36.4 Å². The van der Waals surface area contributed by atoms with E-state index in [1.165, 1.54) is 10.8 Å². The van der Waals surface area contributed by atoms with Crippen molar-refractivity contribution in [2.24, 2.45) is 0 Å². The fourth-order valence-corrected chi connectivity index (χ4v) is 5.45. The molecule has 0 aliphatic carbocycles. The summed E-state index contributed by atoms with van der Waals surface area (Å²) in [6.07, 6.45) is 0. The number of fused-ring (bicyclic) bond motifs is 4. The summed E-state index contributed by atoms with van der Waals surface area (Å²) in [4.78, 5) is 14.9. The van der Waals surface area contributed by atoms with Gasteiger partial charge in [0, 0.05) is 27.3 Å². The Morgan fingerprint density at radius 3 is 1.88 bits per heavy atom. The van der Waals surface area contributed by atoms with Crippen LogP contribution in [0.1, 0.15) is 0 Å². The number of para-hydroxylation sites is 4. The Morgan fingerprint density at radius 2 is 1.10 bits per heavy atom. The molecule has 0 unspecified atom stereocenters. The van der Waals surface area contributed by atoms with Gasteiger partial charge in [0.25, 0.3) is 0 Å². The average Bonchev–Trinajstić information content (AvgIpc) is 3.61. The van der Waals surface area contributed by atoms with Crippen molar-refractivity contribution in [3.63, 3.8) is 0 Å². The molecule has 0 radical (unpaired) electrons. The molecule has 0 amide bonds. The lowest BCUT2D eigenvalue weighted by Gasteiger charge is -2.14. The minimum absolute atomic E-state index is 0.497. The molecule has 0 aliphatic rings. The first-order chi connectivity index (χ1) is 19.8. The predicted molar refractivity (Wildman–Crippen MR) is 160 cm³/mol. The van der Waals surface area contributed by atoms with Gasteiger partial charge in [0.05, 0.1) is 16.7 Å². The molecule has 0 saturated carbocycles. The highest BCUT2D eigenvalue weighted by molar-refractivity contribution is 6.09. The molecule has 0 N–H and O–H groups in total. The van der Waals surface area contributed by atoms with Crippen LogP contribution in [-0.2, 0) is 0 Å². The monoisotopic (exact) mass is 514 g/mol. The molecule has 5 heteroatoms. The van der Waals surface area contributed by atoms with Crippen LogP contribution in [0.15, 0.2) is 138 Å². The molecule has 8 rings (SSSR count). The Bertz CT molecular complexity index is 2090. The van der Waals surface area contributed by atoms with E-state index in [2.05, 4.69) is 71.3 Å². The Kier molecular flexibility index (Phi) is 5.07. The maximum atomic E-state index is 6.20. The third-order valence-corrected chi connectivity index (χ3v) is 7.28. The summed E-state index contributed by atoms with van der Waals surface area (Å²) >= 11 is 0. The van der Waals surface area contributed by atoms with E-state index in [0.29, 0.717) is 23.2 Å². The highest BCUT2D eigenvalue weighted by atomic mass is 16.3. The maximum Gasteiger partial charge on any atom is 0.199 e. The smallest absolute Gasteiger partial charge is 0.199 e. The third-order valence-electron chi connectivity index (χ3n) is 7.28. The lowest BCUT2D eigenvalue weighted by molar-refractivity contribution is 0.625. The SMILES string of the molecule is c1ccc(-c2nc(-c3cc4ccccc4o3)nc(-c3ccccc3-n3c4ccccc4c4ccccc43)n2)cc1. The first kappa shape index (κ1) is 22.4. The van der Waals surface area contributed by atoms with Crippen LogP contribution in [0.5, 0.6) is 0 Å². The summed E-state index contributed by atoms with van der Waals surface area (Å²) in [7, 11) is 0. The minimum atomic E-state index is 0.497. The van der Waals surface area contributed by atoms with Gasteiger partial charge in [-0.3, -0.25) is 0 Å². The molecule has 0 bridgehead atoms. The van der Waals surface area contributed by atoms with E-state index in [0.717, 1.165) is 38.8 Å². The normalized spacial score (nSPS) is 11.5. The summed E-state index contributed by atoms with van der Waals surface area (Å²) in [6.45, 7) is 0. The van der Waals surface area contributed by atoms with Crippen LogP contribution in [0.25, 0.3) is 72.8 Å². The number of hydrogen-bond acceptors (Lipinski definition) is 4. The number of benzene rings is 5. The fourth-order valence-electron chi connectivity index (χ4n) is 5.45. The molecule has 188 valence electrons. The van der Waals surface area contributed by atoms with E-state index in [1.807, 2.05) is 66.7 Å². The van der Waals surface area contributed by atoms with Gasteiger partial charge in [-0.25, -0.2) is 15.0 Å². The van der Waals surface area contributed by atoms with Gasteiger partial charge in [0.1, 0.15) is 5.58 Å². The molecule has 3 heterocycles. The summed E-state index contributed by atoms with van der Waals surface area (Å²) in [6, 6.07) is 45.2. The summed E-state index contributed by atoms with van der Waals surface area (Å²) in [5.41, 5.74) is 5.88. The van der Waals surface area contributed by atoms with Crippen molar-refractivity contribution in [2.45, 2.75) is 0 Å². The topological polar surface area (TPSA) is 56.7 Å². The zero-order valence-corrected chi connectivity index (χ0v) is 21.4. The first-order valence-corrected chi connectivity index (χ1v) is 13.2. The molecule has 0 saturated heterocycles. The average molecular weight is 515 g/mol. The lowest BCUT2D eigenvalue weighted by atomic mass is 10.1. The molecule has 8 aromatic rings. The van der Waals surface area contributed by atoms with E-state index in [1.54, 1.807) is 0 Å². The maximum absolute atomic E-state index is 6.20. The number of nitrogens with zero attached hydrogens (tertiary/aromatic N) is 4. The second-order valence-electron chi connectivity index (χ2n) is 9.71. The molecule has 0 aliphatic heterocycles. The fraction of sp³-hybridized carbons (Fsp3) is 0. The van der Waals surface area contributed by atoms with Crippen molar-refractivity contribution in [3.05, 3.63) is 133 Å².